The van der Waals surface area contributed by atoms with Crippen LogP contribution in [0, 0.1) is 13.8 Å². The number of para-hydroxylation sites is 1. The van der Waals surface area contributed by atoms with E-state index in [-0.39, 0.29) is 12.5 Å². The Bertz CT molecular complexity index is 886. The van der Waals surface area contributed by atoms with Crippen LogP contribution in [-0.2, 0) is 9.59 Å². The first-order valence-corrected chi connectivity index (χ1v) is 9.44. The van der Waals surface area contributed by atoms with Crippen LogP contribution in [0.15, 0.2) is 48.5 Å². The van der Waals surface area contributed by atoms with Crippen LogP contribution in [0.25, 0.3) is 0 Å². The van der Waals surface area contributed by atoms with Crippen LogP contribution in [0.3, 0.4) is 0 Å². The molecule has 1 heterocycles. The Labute approximate surface area is 165 Å². The minimum atomic E-state index is -0.749. The van der Waals surface area contributed by atoms with Crippen LogP contribution in [0.5, 0.6) is 0 Å². The number of hydrogen-bond donors (Lipinski definition) is 1. The molecule has 6 heteroatoms. The number of Topliss-reactive ketones (excluding diaryl/α,β-unsaturated/α-hetero) is 1. The molecule has 1 saturated heterocycles. The third kappa shape index (κ3) is 4.39. The summed E-state index contributed by atoms with van der Waals surface area (Å²) in [6.07, 6.45) is 0. The van der Waals surface area contributed by atoms with E-state index in [2.05, 4.69) is 29.3 Å². The average Bonchev–Trinajstić information content (AvgIpc) is 2.72. The van der Waals surface area contributed by atoms with Crippen LogP contribution in [0.1, 0.15) is 21.5 Å². The Kier molecular flexibility index (Phi) is 6.09. The van der Waals surface area contributed by atoms with Gasteiger partial charge in [0.1, 0.15) is 0 Å². The van der Waals surface area contributed by atoms with Crippen molar-refractivity contribution in [1.29, 1.82) is 0 Å². The topological polar surface area (TPSA) is 69.7 Å². The first-order valence-electron chi connectivity index (χ1n) is 9.44. The van der Waals surface area contributed by atoms with Gasteiger partial charge in [-0.15, -0.1) is 0 Å². The van der Waals surface area contributed by atoms with Crippen molar-refractivity contribution in [1.82, 2.24) is 10.2 Å². The number of carbonyl (C=O) groups excluding carboxylic acids is 3. The van der Waals surface area contributed by atoms with Crippen molar-refractivity contribution >= 4 is 23.3 Å². The number of ketones is 1. The maximum atomic E-state index is 12.4. The summed E-state index contributed by atoms with van der Waals surface area (Å²) in [7, 11) is 0. The van der Waals surface area contributed by atoms with E-state index >= 15 is 0 Å². The molecule has 2 amide bonds. The number of amides is 2. The van der Waals surface area contributed by atoms with Gasteiger partial charge in [-0.2, -0.15) is 0 Å². The number of aryl methyl sites for hydroxylation is 2. The van der Waals surface area contributed by atoms with Gasteiger partial charge in [0.05, 0.1) is 6.54 Å². The van der Waals surface area contributed by atoms with Crippen molar-refractivity contribution in [2.45, 2.75) is 13.8 Å². The lowest BCUT2D eigenvalue weighted by Gasteiger charge is -2.36. The molecule has 0 unspecified atom stereocenters. The number of hydrogen-bond acceptors (Lipinski definition) is 4. The number of carbonyl (C=O) groups is 3. The SMILES string of the molecule is Cc1ccccc1C(=O)C(=O)NCC(=O)N1CCN(c2ccccc2C)CC1. The average molecular weight is 379 g/mol. The summed E-state index contributed by atoms with van der Waals surface area (Å²) in [6, 6.07) is 15.1. The highest BCUT2D eigenvalue weighted by Gasteiger charge is 2.24. The van der Waals surface area contributed by atoms with Gasteiger partial charge in [-0.25, -0.2) is 0 Å². The van der Waals surface area contributed by atoms with Gasteiger partial charge in [0.15, 0.2) is 0 Å². The predicted molar refractivity (Wildman–Crippen MR) is 108 cm³/mol. The van der Waals surface area contributed by atoms with E-state index in [1.165, 1.54) is 11.3 Å². The van der Waals surface area contributed by atoms with Gasteiger partial charge < -0.3 is 15.1 Å². The molecule has 0 atom stereocenters. The van der Waals surface area contributed by atoms with Crippen LogP contribution < -0.4 is 10.2 Å². The Hall–Kier alpha value is -3.15. The monoisotopic (exact) mass is 379 g/mol. The molecule has 6 nitrogen and oxygen atoms in total. The van der Waals surface area contributed by atoms with Gasteiger partial charge in [-0.3, -0.25) is 14.4 Å². The summed E-state index contributed by atoms with van der Waals surface area (Å²) >= 11 is 0. The van der Waals surface area contributed by atoms with Gasteiger partial charge in [-0.05, 0) is 31.0 Å². The molecule has 28 heavy (non-hydrogen) atoms. The molecule has 0 bridgehead atoms. The Morgan fingerprint density at radius 3 is 2.11 bits per heavy atom. The lowest BCUT2D eigenvalue weighted by atomic mass is 10.0. The van der Waals surface area contributed by atoms with Crippen molar-refractivity contribution in [2.75, 3.05) is 37.6 Å². The van der Waals surface area contributed by atoms with E-state index < -0.39 is 11.7 Å². The van der Waals surface area contributed by atoms with Crippen LogP contribution in [0.2, 0.25) is 0 Å². The predicted octanol–water partition coefficient (Wildman–Crippen LogP) is 1.95. The number of benzene rings is 2. The van der Waals surface area contributed by atoms with Gasteiger partial charge in [0.25, 0.3) is 5.91 Å². The van der Waals surface area contributed by atoms with Gasteiger partial charge in [-0.1, -0.05) is 42.5 Å². The molecule has 1 N–H and O–H groups in total. The summed E-state index contributed by atoms with van der Waals surface area (Å²) in [5.74, 6) is -1.54. The minimum absolute atomic E-state index is 0.166. The second-order valence-electron chi connectivity index (χ2n) is 6.98. The van der Waals surface area contributed by atoms with Crippen LogP contribution in [-0.4, -0.2) is 55.2 Å². The van der Waals surface area contributed by atoms with E-state index in [0.29, 0.717) is 18.7 Å². The summed E-state index contributed by atoms with van der Waals surface area (Å²) in [6.45, 7) is 6.36. The Balaban J connectivity index is 1.50. The third-order valence-corrected chi connectivity index (χ3v) is 5.08. The molecule has 0 aromatic heterocycles. The lowest BCUT2D eigenvalue weighted by Crippen LogP contribution is -2.51. The van der Waals surface area contributed by atoms with Crippen molar-refractivity contribution in [3.8, 4) is 0 Å². The fourth-order valence-corrected chi connectivity index (χ4v) is 3.41. The third-order valence-electron chi connectivity index (χ3n) is 5.08. The highest BCUT2D eigenvalue weighted by atomic mass is 16.2. The second kappa shape index (κ2) is 8.69. The zero-order valence-corrected chi connectivity index (χ0v) is 16.3. The molecule has 0 radical (unpaired) electrons. The largest absolute Gasteiger partial charge is 0.368 e. The standard InChI is InChI=1S/C22H25N3O3/c1-16-7-3-5-9-18(16)21(27)22(28)23-15-20(26)25-13-11-24(12-14-25)19-10-6-4-8-17(19)2/h3-10H,11-15H2,1-2H3,(H,23,28). The number of piperazine rings is 1. The highest BCUT2D eigenvalue weighted by molar-refractivity contribution is 6.43. The molecule has 1 aliphatic heterocycles. The van der Waals surface area contributed by atoms with Crippen molar-refractivity contribution < 1.29 is 14.4 Å². The normalized spacial score (nSPS) is 13.9. The molecule has 0 aliphatic carbocycles. The quantitative estimate of drug-likeness (QED) is 0.637. The van der Waals surface area contributed by atoms with Crippen molar-refractivity contribution in [3.05, 3.63) is 65.2 Å². The van der Waals surface area contributed by atoms with Crippen molar-refractivity contribution in [3.63, 3.8) is 0 Å². The lowest BCUT2D eigenvalue weighted by molar-refractivity contribution is -0.132. The number of nitrogens with one attached hydrogen (secondary N) is 1. The van der Waals surface area contributed by atoms with Gasteiger partial charge >= 0.3 is 0 Å². The number of anilines is 1. The summed E-state index contributed by atoms with van der Waals surface area (Å²) in [5, 5.41) is 2.46. The molecular weight excluding hydrogens is 354 g/mol. The molecule has 1 fully saturated rings. The molecule has 146 valence electrons. The fourth-order valence-electron chi connectivity index (χ4n) is 3.41. The van der Waals surface area contributed by atoms with Gasteiger partial charge in [0.2, 0.25) is 11.7 Å². The molecule has 0 saturated carbocycles. The second-order valence-corrected chi connectivity index (χ2v) is 6.98. The number of rotatable bonds is 5. The summed E-state index contributed by atoms with van der Waals surface area (Å²) in [4.78, 5) is 40.8. The molecule has 1 aliphatic rings. The zero-order chi connectivity index (χ0) is 20.1. The molecule has 0 spiro atoms. The highest BCUT2D eigenvalue weighted by Crippen LogP contribution is 2.20. The summed E-state index contributed by atoms with van der Waals surface area (Å²) in [5.41, 5.74) is 3.50. The molecular formula is C22H25N3O3. The molecule has 3 rings (SSSR count). The maximum absolute atomic E-state index is 12.4. The van der Waals surface area contributed by atoms with E-state index in [9.17, 15) is 14.4 Å². The summed E-state index contributed by atoms with van der Waals surface area (Å²) < 4.78 is 0. The maximum Gasteiger partial charge on any atom is 0.292 e. The first kappa shape index (κ1) is 19.6. The minimum Gasteiger partial charge on any atom is -0.368 e. The van der Waals surface area contributed by atoms with E-state index in [4.69, 9.17) is 0 Å². The Morgan fingerprint density at radius 2 is 1.46 bits per heavy atom. The van der Waals surface area contributed by atoms with Crippen molar-refractivity contribution in [2.24, 2.45) is 0 Å². The zero-order valence-electron chi connectivity index (χ0n) is 16.3. The Morgan fingerprint density at radius 1 is 0.857 bits per heavy atom. The van der Waals surface area contributed by atoms with Gasteiger partial charge in [0, 0.05) is 37.4 Å². The first-order chi connectivity index (χ1) is 13.5. The van der Waals surface area contributed by atoms with Crippen LogP contribution >= 0.6 is 0 Å². The smallest absolute Gasteiger partial charge is 0.292 e. The van der Waals surface area contributed by atoms with E-state index in [0.717, 1.165) is 18.7 Å². The number of nitrogens with zero attached hydrogens (tertiary/aromatic N) is 2. The molecule has 2 aromatic rings. The molecule has 2 aromatic carbocycles. The van der Waals surface area contributed by atoms with Crippen LogP contribution in [0.4, 0.5) is 5.69 Å². The van der Waals surface area contributed by atoms with E-state index in [1.807, 2.05) is 18.2 Å². The van der Waals surface area contributed by atoms with E-state index in [1.54, 1.807) is 30.0 Å². The fraction of sp³-hybridized carbons (Fsp3) is 0.318.